The van der Waals surface area contributed by atoms with E-state index in [0.29, 0.717) is 49.1 Å². The summed E-state index contributed by atoms with van der Waals surface area (Å²) in [5.41, 5.74) is 4.93. The molecule has 2 aromatic carbocycles. The number of aryl methyl sites for hydroxylation is 2. The number of fused-ring (bicyclic) bond motifs is 2. The average Bonchev–Trinajstić information content (AvgIpc) is 3.49. The fourth-order valence-electron chi connectivity index (χ4n) is 4.55. The van der Waals surface area contributed by atoms with Crippen molar-refractivity contribution in [2.24, 2.45) is 0 Å². The highest BCUT2D eigenvalue weighted by molar-refractivity contribution is 9.10. The first kappa shape index (κ1) is 29.1. The van der Waals surface area contributed by atoms with E-state index in [4.69, 9.17) is 4.74 Å². The number of carbonyl (C=O) groups excluding carboxylic acids is 1. The number of carboxylic acids is 1. The van der Waals surface area contributed by atoms with E-state index < -0.39 is 5.97 Å². The van der Waals surface area contributed by atoms with Crippen molar-refractivity contribution in [2.75, 3.05) is 6.61 Å². The second-order valence-corrected chi connectivity index (χ2v) is 10.7. The molecule has 6 aromatic rings. The fourth-order valence-corrected chi connectivity index (χ4v) is 5.35. The molecule has 0 amide bonds. The van der Waals surface area contributed by atoms with E-state index in [1.54, 1.807) is 29.3 Å². The van der Waals surface area contributed by atoms with E-state index in [1.807, 2.05) is 67.6 Å². The Morgan fingerprint density at radius 3 is 1.62 bits per heavy atom. The molecule has 212 valence electrons. The Morgan fingerprint density at radius 2 is 1.19 bits per heavy atom. The van der Waals surface area contributed by atoms with Crippen LogP contribution in [-0.4, -0.2) is 53.2 Å². The van der Waals surface area contributed by atoms with Gasteiger partial charge in [0.2, 0.25) is 0 Å². The second-order valence-electron chi connectivity index (χ2n) is 9.07. The number of carbonyl (C=O) groups is 2. The Labute approximate surface area is 257 Å². The number of hydrogen-bond donors (Lipinski definition) is 1. The summed E-state index contributed by atoms with van der Waals surface area (Å²) in [6.45, 7) is 5.75. The maximum Gasteiger partial charge on any atom is 0.339 e. The van der Waals surface area contributed by atoms with Gasteiger partial charge in [0.25, 0.3) is 0 Å². The van der Waals surface area contributed by atoms with Gasteiger partial charge in [-0.05, 0) is 89.0 Å². The van der Waals surface area contributed by atoms with Gasteiger partial charge in [-0.2, -0.15) is 10.2 Å². The molecule has 4 heterocycles. The molecule has 4 aromatic heterocycles. The largest absolute Gasteiger partial charge is 0.478 e. The second kappa shape index (κ2) is 12.2. The summed E-state index contributed by atoms with van der Waals surface area (Å²) in [6.07, 6.45) is 0. The van der Waals surface area contributed by atoms with Crippen molar-refractivity contribution in [1.82, 2.24) is 29.5 Å². The molecule has 0 unspecified atom stereocenters. The van der Waals surface area contributed by atoms with Crippen molar-refractivity contribution >= 4 is 65.9 Å². The van der Waals surface area contributed by atoms with E-state index >= 15 is 0 Å². The molecule has 0 fully saturated rings. The molecule has 0 aliphatic heterocycles. The number of aromatic nitrogens is 6. The first-order valence-electron chi connectivity index (χ1n) is 12.8. The molecule has 0 aliphatic carbocycles. The lowest BCUT2D eigenvalue weighted by Crippen LogP contribution is -2.06. The Balaban J connectivity index is 0.000000169. The van der Waals surface area contributed by atoms with E-state index in [0.717, 1.165) is 17.1 Å². The molecule has 42 heavy (non-hydrogen) atoms. The third-order valence-electron chi connectivity index (χ3n) is 6.29. The van der Waals surface area contributed by atoms with Crippen LogP contribution in [0.4, 0.5) is 0 Å². The number of hydrogen-bond acceptors (Lipinski definition) is 7. The van der Waals surface area contributed by atoms with Gasteiger partial charge in [0.15, 0.2) is 11.3 Å². The zero-order chi connectivity index (χ0) is 30.0. The number of esters is 1. The quantitative estimate of drug-likeness (QED) is 0.154. The lowest BCUT2D eigenvalue weighted by atomic mass is 10.1. The molecule has 0 bridgehead atoms. The van der Waals surface area contributed by atoms with Crippen LogP contribution < -0.4 is 0 Å². The molecule has 1 N–H and O–H groups in total. The normalized spacial score (nSPS) is 10.9. The van der Waals surface area contributed by atoms with E-state index in [9.17, 15) is 14.7 Å². The molecule has 12 heteroatoms. The SMILES string of the molecule is CCOC(=O)c1cc(Br)nc2c1c(C)nn2-c1ccccc1.Cc1nn(-c2ccccc2)c2nc(Br)cc(C(=O)O)c12. The predicted octanol–water partition coefficient (Wildman–Crippen LogP) is 6.86. The van der Waals surface area contributed by atoms with Crippen molar-refractivity contribution in [1.29, 1.82) is 0 Å². The van der Waals surface area contributed by atoms with Gasteiger partial charge in [-0.1, -0.05) is 36.4 Å². The number of carboxylic acid groups (broad SMARTS) is 1. The highest BCUT2D eigenvalue weighted by Crippen LogP contribution is 2.28. The number of ether oxygens (including phenoxy) is 1. The summed E-state index contributed by atoms with van der Waals surface area (Å²) in [5, 5.41) is 19.5. The first-order valence-corrected chi connectivity index (χ1v) is 14.4. The van der Waals surface area contributed by atoms with Crippen LogP contribution in [0.15, 0.2) is 82.0 Å². The summed E-state index contributed by atoms with van der Waals surface area (Å²) < 4.78 is 9.57. The first-order chi connectivity index (χ1) is 20.2. The highest BCUT2D eigenvalue weighted by Gasteiger charge is 2.21. The molecule has 0 saturated carbocycles. The highest BCUT2D eigenvalue weighted by atomic mass is 79.9. The van der Waals surface area contributed by atoms with Gasteiger partial charge in [0.05, 0.1) is 51.3 Å². The topological polar surface area (TPSA) is 125 Å². The molecular formula is C30H24Br2N6O4. The van der Waals surface area contributed by atoms with Gasteiger partial charge in [0, 0.05) is 0 Å². The monoisotopic (exact) mass is 690 g/mol. The molecule has 0 saturated heterocycles. The minimum atomic E-state index is -0.992. The lowest BCUT2D eigenvalue weighted by molar-refractivity contribution is 0.0528. The van der Waals surface area contributed by atoms with Crippen molar-refractivity contribution in [2.45, 2.75) is 20.8 Å². The van der Waals surface area contributed by atoms with Crippen molar-refractivity contribution in [3.8, 4) is 11.4 Å². The number of aromatic carboxylic acids is 1. The van der Waals surface area contributed by atoms with Crippen LogP contribution in [0.2, 0.25) is 0 Å². The van der Waals surface area contributed by atoms with E-state index in [2.05, 4.69) is 52.0 Å². The number of rotatable bonds is 5. The lowest BCUT2D eigenvalue weighted by Gasteiger charge is -2.06. The number of halogens is 2. The van der Waals surface area contributed by atoms with Crippen LogP contribution in [0.25, 0.3) is 33.4 Å². The number of benzene rings is 2. The number of para-hydroxylation sites is 2. The van der Waals surface area contributed by atoms with E-state index in [-0.39, 0.29) is 11.5 Å². The van der Waals surface area contributed by atoms with Crippen molar-refractivity contribution < 1.29 is 19.4 Å². The van der Waals surface area contributed by atoms with Gasteiger partial charge in [-0.3, -0.25) is 0 Å². The minimum Gasteiger partial charge on any atom is -0.478 e. The number of pyridine rings is 2. The average molecular weight is 692 g/mol. The third-order valence-corrected chi connectivity index (χ3v) is 7.10. The molecular weight excluding hydrogens is 668 g/mol. The van der Waals surface area contributed by atoms with Gasteiger partial charge in [0.1, 0.15) is 9.21 Å². The summed E-state index contributed by atoms with van der Waals surface area (Å²) in [4.78, 5) is 32.4. The van der Waals surface area contributed by atoms with Gasteiger partial charge in [-0.25, -0.2) is 28.9 Å². The molecule has 0 atom stereocenters. The Bertz CT molecular complexity index is 1940. The molecule has 0 aliphatic rings. The van der Waals surface area contributed by atoms with Crippen molar-refractivity contribution in [3.05, 3.63) is 105 Å². The minimum absolute atomic E-state index is 0.196. The Kier molecular flexibility index (Phi) is 8.46. The zero-order valence-electron chi connectivity index (χ0n) is 22.7. The molecule has 6 rings (SSSR count). The number of nitrogens with zero attached hydrogens (tertiary/aromatic N) is 6. The maximum absolute atomic E-state index is 12.2. The van der Waals surface area contributed by atoms with Crippen LogP contribution in [0.3, 0.4) is 0 Å². The van der Waals surface area contributed by atoms with E-state index in [1.165, 1.54) is 6.07 Å². The zero-order valence-corrected chi connectivity index (χ0v) is 25.9. The summed E-state index contributed by atoms with van der Waals surface area (Å²) in [5.74, 6) is -1.36. The summed E-state index contributed by atoms with van der Waals surface area (Å²) in [7, 11) is 0. The summed E-state index contributed by atoms with van der Waals surface area (Å²) in [6, 6.07) is 22.4. The van der Waals surface area contributed by atoms with Crippen LogP contribution in [-0.2, 0) is 4.74 Å². The molecule has 0 spiro atoms. The van der Waals surface area contributed by atoms with Gasteiger partial charge >= 0.3 is 11.9 Å². The van der Waals surface area contributed by atoms with Gasteiger partial charge in [-0.15, -0.1) is 0 Å². The van der Waals surface area contributed by atoms with Crippen LogP contribution in [0.5, 0.6) is 0 Å². The summed E-state index contributed by atoms with van der Waals surface area (Å²) >= 11 is 6.61. The van der Waals surface area contributed by atoms with Gasteiger partial charge < -0.3 is 9.84 Å². The van der Waals surface area contributed by atoms with Crippen LogP contribution in [0.1, 0.15) is 39.0 Å². The maximum atomic E-state index is 12.2. The van der Waals surface area contributed by atoms with Crippen molar-refractivity contribution in [3.63, 3.8) is 0 Å². The Morgan fingerprint density at radius 1 is 0.762 bits per heavy atom. The standard InChI is InChI=1S/C16H14BrN3O2.C14H10BrN3O2/c1-3-22-16(21)12-9-13(17)18-15-14(12)10(2)19-20(15)11-7-5-4-6-8-11;1-8-12-10(14(19)20)7-11(15)16-13(12)18(17-8)9-5-3-2-4-6-9/h4-9H,3H2,1-2H3;2-7H,1H3,(H,19,20). The van der Waals surface area contributed by atoms with Crippen LogP contribution in [0, 0.1) is 13.8 Å². The third kappa shape index (κ3) is 5.68. The van der Waals surface area contributed by atoms with Crippen LogP contribution >= 0.6 is 31.9 Å². The predicted molar refractivity (Wildman–Crippen MR) is 166 cm³/mol. The smallest absolute Gasteiger partial charge is 0.339 e. The molecule has 10 nitrogen and oxygen atoms in total. The molecule has 0 radical (unpaired) electrons. The fraction of sp³-hybridized carbons (Fsp3) is 0.133. The Hall–Kier alpha value is -4.42.